The lowest BCUT2D eigenvalue weighted by Gasteiger charge is -2.09. The maximum Gasteiger partial charge on any atom is 0.229 e. The molecule has 5 rings (SSSR count). The van der Waals surface area contributed by atoms with E-state index in [2.05, 4.69) is 10.3 Å². The van der Waals surface area contributed by atoms with E-state index in [1.165, 1.54) is 12.1 Å². The van der Waals surface area contributed by atoms with Crippen molar-refractivity contribution in [2.75, 3.05) is 5.32 Å². The molecule has 4 aromatic rings. The Kier molecular flexibility index (Phi) is 4.35. The largest absolute Gasteiger partial charge is 0.310 e. The van der Waals surface area contributed by atoms with Crippen LogP contribution >= 0.6 is 0 Å². The van der Waals surface area contributed by atoms with Crippen molar-refractivity contribution in [2.24, 2.45) is 5.92 Å². The smallest absolute Gasteiger partial charge is 0.229 e. The summed E-state index contributed by atoms with van der Waals surface area (Å²) in [5, 5.41) is 2.93. The van der Waals surface area contributed by atoms with Gasteiger partial charge in [0.1, 0.15) is 17.2 Å². The number of hydrogen-bond donors (Lipinski definition) is 1. The summed E-state index contributed by atoms with van der Waals surface area (Å²) in [4.78, 5) is 17.5. The summed E-state index contributed by atoms with van der Waals surface area (Å²) in [6, 6.07) is 17.6. The van der Waals surface area contributed by atoms with Gasteiger partial charge in [-0.05, 0) is 54.7 Å². The summed E-state index contributed by atoms with van der Waals surface area (Å²) in [6.45, 7) is 1.92. The van der Waals surface area contributed by atoms with Gasteiger partial charge in [0.2, 0.25) is 5.91 Å². The van der Waals surface area contributed by atoms with E-state index in [-0.39, 0.29) is 29.0 Å². The van der Waals surface area contributed by atoms with E-state index in [0.29, 0.717) is 11.5 Å². The Labute approximate surface area is 172 Å². The van der Waals surface area contributed by atoms with Crippen molar-refractivity contribution in [1.29, 1.82) is 0 Å². The molecule has 1 fully saturated rings. The number of carbonyl (C=O) groups excluding carboxylic acids is 1. The molecule has 6 heteroatoms. The van der Waals surface area contributed by atoms with E-state index < -0.39 is 11.6 Å². The standard InChI is InChI=1S/C24H19F2N3O/c1-14-10-11-29-20(12-14)27-22(16-8-5-9-19(25)21(16)26)23(29)28-24(30)18-13-17(18)15-6-3-2-4-7-15/h2-12,17-18H,13H2,1H3,(H,28,30)/t17-,18?/m0/s1. The van der Waals surface area contributed by atoms with Gasteiger partial charge in [0.15, 0.2) is 11.6 Å². The van der Waals surface area contributed by atoms with E-state index in [9.17, 15) is 13.6 Å². The Bertz CT molecular complexity index is 1270. The molecule has 0 radical (unpaired) electrons. The molecule has 1 unspecified atom stereocenters. The van der Waals surface area contributed by atoms with Crippen molar-refractivity contribution in [1.82, 2.24) is 9.38 Å². The number of nitrogens with zero attached hydrogens (tertiary/aromatic N) is 2. The van der Waals surface area contributed by atoms with Gasteiger partial charge in [0, 0.05) is 17.7 Å². The van der Waals surface area contributed by atoms with Gasteiger partial charge in [-0.3, -0.25) is 9.20 Å². The molecule has 0 spiro atoms. The molecule has 0 bridgehead atoms. The predicted molar refractivity (Wildman–Crippen MR) is 111 cm³/mol. The lowest BCUT2D eigenvalue weighted by molar-refractivity contribution is -0.117. The van der Waals surface area contributed by atoms with Crippen LogP contribution in [0.3, 0.4) is 0 Å². The van der Waals surface area contributed by atoms with Crippen molar-refractivity contribution < 1.29 is 13.6 Å². The number of hydrogen-bond acceptors (Lipinski definition) is 2. The Morgan fingerprint density at radius 3 is 2.70 bits per heavy atom. The monoisotopic (exact) mass is 403 g/mol. The molecule has 30 heavy (non-hydrogen) atoms. The van der Waals surface area contributed by atoms with Crippen LogP contribution < -0.4 is 5.32 Å². The van der Waals surface area contributed by atoms with Gasteiger partial charge in [0.25, 0.3) is 0 Å². The molecule has 0 saturated heterocycles. The SMILES string of the molecule is Cc1ccn2c(NC(=O)C3C[C@H]3c3ccccc3)c(-c3cccc(F)c3F)nc2c1. The fraction of sp³-hybridized carbons (Fsp3) is 0.167. The highest BCUT2D eigenvalue weighted by molar-refractivity contribution is 5.98. The van der Waals surface area contributed by atoms with Crippen molar-refractivity contribution in [2.45, 2.75) is 19.3 Å². The number of fused-ring (bicyclic) bond motifs is 1. The van der Waals surface area contributed by atoms with Gasteiger partial charge in [-0.25, -0.2) is 13.8 Å². The van der Waals surface area contributed by atoms with Crippen molar-refractivity contribution in [3.63, 3.8) is 0 Å². The second-order valence-electron chi connectivity index (χ2n) is 7.69. The van der Waals surface area contributed by atoms with E-state index in [4.69, 9.17) is 0 Å². The molecule has 1 amide bonds. The van der Waals surface area contributed by atoms with Gasteiger partial charge >= 0.3 is 0 Å². The van der Waals surface area contributed by atoms with Crippen LogP contribution in [0.15, 0.2) is 66.9 Å². The van der Waals surface area contributed by atoms with Crippen LogP contribution in [0.2, 0.25) is 0 Å². The first-order valence-electron chi connectivity index (χ1n) is 9.82. The number of carbonyl (C=O) groups is 1. The molecular formula is C24H19F2N3O. The van der Waals surface area contributed by atoms with E-state index in [1.54, 1.807) is 10.6 Å². The Morgan fingerprint density at radius 2 is 1.90 bits per heavy atom. The van der Waals surface area contributed by atoms with E-state index >= 15 is 0 Å². The minimum atomic E-state index is -0.985. The average molecular weight is 403 g/mol. The zero-order valence-corrected chi connectivity index (χ0v) is 16.3. The van der Waals surface area contributed by atoms with Crippen LogP contribution in [0.25, 0.3) is 16.9 Å². The number of halogens is 2. The number of imidazole rings is 1. The molecular weight excluding hydrogens is 384 g/mol. The summed E-state index contributed by atoms with van der Waals surface area (Å²) in [5.41, 5.74) is 2.88. The number of aromatic nitrogens is 2. The summed E-state index contributed by atoms with van der Waals surface area (Å²) in [7, 11) is 0. The molecule has 0 aliphatic heterocycles. The summed E-state index contributed by atoms with van der Waals surface area (Å²) in [6.07, 6.45) is 2.53. The topological polar surface area (TPSA) is 46.4 Å². The van der Waals surface area contributed by atoms with Crippen LogP contribution in [-0.2, 0) is 4.79 Å². The minimum absolute atomic E-state index is 0.0158. The van der Waals surface area contributed by atoms with Crippen molar-refractivity contribution in [3.05, 3.63) is 89.6 Å². The van der Waals surface area contributed by atoms with Gasteiger partial charge in [-0.15, -0.1) is 0 Å². The number of aryl methyl sites for hydroxylation is 1. The normalized spacial score (nSPS) is 17.8. The molecule has 2 aromatic carbocycles. The van der Waals surface area contributed by atoms with Crippen LogP contribution in [0.4, 0.5) is 14.6 Å². The van der Waals surface area contributed by atoms with Crippen LogP contribution in [0, 0.1) is 24.5 Å². The Hall–Kier alpha value is -3.54. The first-order valence-corrected chi connectivity index (χ1v) is 9.82. The maximum atomic E-state index is 14.5. The summed E-state index contributed by atoms with van der Waals surface area (Å²) >= 11 is 0. The lowest BCUT2D eigenvalue weighted by atomic mass is 10.1. The molecule has 2 heterocycles. The minimum Gasteiger partial charge on any atom is -0.310 e. The van der Waals surface area contributed by atoms with Gasteiger partial charge in [0.05, 0.1) is 0 Å². The van der Waals surface area contributed by atoms with Crippen molar-refractivity contribution in [3.8, 4) is 11.3 Å². The Balaban J connectivity index is 1.53. The molecule has 150 valence electrons. The number of pyridine rings is 1. The zero-order valence-electron chi connectivity index (χ0n) is 16.3. The summed E-state index contributed by atoms with van der Waals surface area (Å²) < 4.78 is 30.1. The summed E-state index contributed by atoms with van der Waals surface area (Å²) in [5.74, 6) is -1.73. The highest BCUT2D eigenvalue weighted by Crippen LogP contribution is 2.48. The molecule has 2 aromatic heterocycles. The highest BCUT2D eigenvalue weighted by atomic mass is 19.2. The lowest BCUT2D eigenvalue weighted by Crippen LogP contribution is -2.16. The highest BCUT2D eigenvalue weighted by Gasteiger charge is 2.44. The number of amides is 1. The Morgan fingerprint density at radius 1 is 1.10 bits per heavy atom. The fourth-order valence-electron chi connectivity index (χ4n) is 3.90. The molecule has 1 N–H and O–H groups in total. The van der Waals surface area contributed by atoms with Gasteiger partial charge < -0.3 is 5.32 Å². The molecule has 1 saturated carbocycles. The van der Waals surface area contributed by atoms with Crippen LogP contribution in [-0.4, -0.2) is 15.3 Å². The van der Waals surface area contributed by atoms with Gasteiger partial charge in [-0.1, -0.05) is 36.4 Å². The first-order chi connectivity index (χ1) is 14.5. The molecule has 1 aliphatic carbocycles. The second-order valence-corrected chi connectivity index (χ2v) is 7.69. The number of benzene rings is 2. The van der Waals surface area contributed by atoms with E-state index in [1.807, 2.05) is 49.4 Å². The molecule has 2 atom stereocenters. The molecule has 4 nitrogen and oxygen atoms in total. The van der Waals surface area contributed by atoms with E-state index in [0.717, 1.165) is 23.6 Å². The fourth-order valence-corrected chi connectivity index (χ4v) is 3.90. The number of nitrogens with one attached hydrogen (secondary N) is 1. The zero-order chi connectivity index (χ0) is 20.8. The van der Waals surface area contributed by atoms with Crippen LogP contribution in [0.1, 0.15) is 23.5 Å². The third-order valence-electron chi connectivity index (χ3n) is 5.58. The predicted octanol–water partition coefficient (Wildman–Crippen LogP) is 5.33. The van der Waals surface area contributed by atoms with Crippen molar-refractivity contribution >= 4 is 17.4 Å². The third-order valence-corrected chi connectivity index (χ3v) is 5.58. The first kappa shape index (κ1) is 18.5. The quantitative estimate of drug-likeness (QED) is 0.501. The van der Waals surface area contributed by atoms with Crippen LogP contribution in [0.5, 0.6) is 0 Å². The maximum absolute atomic E-state index is 14.5. The third kappa shape index (κ3) is 3.14. The average Bonchev–Trinajstić information content (AvgIpc) is 3.48. The molecule has 1 aliphatic rings. The number of rotatable bonds is 4. The second kappa shape index (κ2) is 7.06. The number of anilines is 1. The van der Waals surface area contributed by atoms with Gasteiger partial charge in [-0.2, -0.15) is 0 Å².